The Morgan fingerprint density at radius 1 is 1.10 bits per heavy atom. The highest BCUT2D eigenvalue weighted by molar-refractivity contribution is 5.92. The van der Waals surface area contributed by atoms with Crippen LogP contribution in [0, 0.1) is 11.3 Å². The molecule has 0 fully saturated rings. The molecule has 0 saturated carbocycles. The zero-order valence-electron chi connectivity index (χ0n) is 10.1. The second-order valence-corrected chi connectivity index (χ2v) is 4.12. The van der Waals surface area contributed by atoms with Gasteiger partial charge >= 0.3 is 12.3 Å². The lowest BCUT2D eigenvalue weighted by Crippen LogP contribution is -2.33. The Balaban J connectivity index is 2.35. The summed E-state index contributed by atoms with van der Waals surface area (Å²) in [5, 5.41) is 9.90. The summed E-state index contributed by atoms with van der Waals surface area (Å²) >= 11 is 0. The van der Waals surface area contributed by atoms with Crippen molar-refractivity contribution in [1.29, 1.82) is 5.26 Å². The standard InChI is InChI=1S/C14H9F4NO/c15-13(16)14(17,18)8-20-12-6-5-9(7-19)10-3-1-2-4-11(10)12/h1-6,13H,8H2. The van der Waals surface area contributed by atoms with Gasteiger partial charge in [0.2, 0.25) is 0 Å². The highest BCUT2D eigenvalue weighted by Crippen LogP contribution is 2.30. The Morgan fingerprint density at radius 2 is 1.75 bits per heavy atom. The van der Waals surface area contributed by atoms with Gasteiger partial charge in [0.15, 0.2) is 6.61 Å². The van der Waals surface area contributed by atoms with Crippen molar-refractivity contribution in [2.45, 2.75) is 12.3 Å². The molecule has 0 bridgehead atoms. The number of ether oxygens (including phenoxy) is 1. The van der Waals surface area contributed by atoms with E-state index in [0.717, 1.165) is 0 Å². The minimum Gasteiger partial charge on any atom is -0.486 e. The molecular formula is C14H9F4NO. The molecule has 0 amide bonds. The first kappa shape index (κ1) is 14.1. The molecule has 2 rings (SSSR count). The SMILES string of the molecule is N#Cc1ccc(OCC(F)(F)C(F)F)c2ccccc12. The highest BCUT2D eigenvalue weighted by atomic mass is 19.3. The van der Waals surface area contributed by atoms with Gasteiger partial charge < -0.3 is 4.74 Å². The van der Waals surface area contributed by atoms with Crippen molar-refractivity contribution in [3.63, 3.8) is 0 Å². The van der Waals surface area contributed by atoms with Gasteiger partial charge in [-0.1, -0.05) is 24.3 Å². The molecule has 0 aliphatic rings. The summed E-state index contributed by atoms with van der Waals surface area (Å²) in [6, 6.07) is 11.2. The number of nitriles is 1. The van der Waals surface area contributed by atoms with Crippen molar-refractivity contribution in [3.8, 4) is 11.8 Å². The Bertz CT molecular complexity index is 664. The van der Waals surface area contributed by atoms with Crippen molar-refractivity contribution in [2.75, 3.05) is 6.61 Å². The Hall–Kier alpha value is -2.29. The molecule has 20 heavy (non-hydrogen) atoms. The van der Waals surface area contributed by atoms with Crippen LogP contribution in [0.1, 0.15) is 5.56 Å². The van der Waals surface area contributed by atoms with E-state index in [1.807, 2.05) is 6.07 Å². The molecule has 2 aromatic rings. The number of fused-ring (bicyclic) bond motifs is 1. The van der Waals surface area contributed by atoms with Crippen LogP contribution in [0.3, 0.4) is 0 Å². The molecule has 2 nitrogen and oxygen atoms in total. The second kappa shape index (κ2) is 5.37. The predicted octanol–water partition coefficient (Wildman–Crippen LogP) is 3.99. The van der Waals surface area contributed by atoms with E-state index in [1.165, 1.54) is 12.1 Å². The number of rotatable bonds is 4. The second-order valence-electron chi connectivity index (χ2n) is 4.12. The fourth-order valence-corrected chi connectivity index (χ4v) is 1.73. The van der Waals surface area contributed by atoms with Crippen LogP contribution in [0.2, 0.25) is 0 Å². The van der Waals surface area contributed by atoms with Crippen LogP contribution in [-0.2, 0) is 0 Å². The van der Waals surface area contributed by atoms with Gasteiger partial charge in [-0.05, 0) is 12.1 Å². The van der Waals surface area contributed by atoms with Gasteiger partial charge in [0.25, 0.3) is 0 Å². The van der Waals surface area contributed by atoms with E-state index in [4.69, 9.17) is 10.00 Å². The largest absolute Gasteiger partial charge is 0.486 e. The molecule has 0 atom stereocenters. The van der Waals surface area contributed by atoms with Gasteiger partial charge in [-0.25, -0.2) is 8.78 Å². The van der Waals surface area contributed by atoms with E-state index >= 15 is 0 Å². The first-order chi connectivity index (χ1) is 9.45. The number of alkyl halides is 4. The van der Waals surface area contributed by atoms with E-state index in [0.29, 0.717) is 16.3 Å². The molecule has 0 aromatic heterocycles. The van der Waals surface area contributed by atoms with E-state index in [1.54, 1.807) is 24.3 Å². The molecule has 0 aliphatic heterocycles. The first-order valence-electron chi connectivity index (χ1n) is 5.66. The first-order valence-corrected chi connectivity index (χ1v) is 5.66. The van der Waals surface area contributed by atoms with Crippen molar-refractivity contribution in [3.05, 3.63) is 42.0 Å². The van der Waals surface area contributed by atoms with Gasteiger partial charge in [0, 0.05) is 10.8 Å². The summed E-state index contributed by atoms with van der Waals surface area (Å²) in [5.41, 5.74) is 0.355. The Morgan fingerprint density at radius 3 is 2.35 bits per heavy atom. The number of hydrogen-bond acceptors (Lipinski definition) is 2. The molecular weight excluding hydrogens is 274 g/mol. The number of nitrogens with zero attached hydrogens (tertiary/aromatic N) is 1. The summed E-state index contributed by atoms with van der Waals surface area (Å²) < 4.78 is 54.7. The predicted molar refractivity (Wildman–Crippen MR) is 65.1 cm³/mol. The molecule has 0 N–H and O–H groups in total. The van der Waals surface area contributed by atoms with Crippen molar-refractivity contribution in [1.82, 2.24) is 0 Å². The Kier molecular flexibility index (Phi) is 3.79. The number of halogens is 4. The fraction of sp³-hybridized carbons (Fsp3) is 0.214. The minimum absolute atomic E-state index is 0.0416. The van der Waals surface area contributed by atoms with Gasteiger partial charge in [-0.3, -0.25) is 0 Å². The van der Waals surface area contributed by atoms with E-state index in [2.05, 4.69) is 0 Å². The summed E-state index contributed by atoms with van der Waals surface area (Å²) in [6.07, 6.45) is -3.79. The van der Waals surface area contributed by atoms with Crippen LogP contribution >= 0.6 is 0 Å². The third-order valence-electron chi connectivity index (χ3n) is 2.74. The lowest BCUT2D eigenvalue weighted by atomic mass is 10.0. The van der Waals surface area contributed by atoms with E-state index in [-0.39, 0.29) is 5.75 Å². The van der Waals surface area contributed by atoms with Gasteiger partial charge in [-0.2, -0.15) is 14.0 Å². The number of benzene rings is 2. The van der Waals surface area contributed by atoms with Crippen LogP contribution < -0.4 is 4.74 Å². The molecule has 0 heterocycles. The molecule has 0 spiro atoms. The third-order valence-corrected chi connectivity index (χ3v) is 2.74. The summed E-state index contributed by atoms with van der Waals surface area (Å²) in [4.78, 5) is 0. The zero-order valence-corrected chi connectivity index (χ0v) is 10.1. The molecule has 6 heteroatoms. The number of hydrogen-bond donors (Lipinski definition) is 0. The van der Waals surface area contributed by atoms with Gasteiger partial charge in [0.05, 0.1) is 11.6 Å². The summed E-state index contributed by atoms with van der Waals surface area (Å²) in [6.45, 7) is -1.42. The smallest absolute Gasteiger partial charge is 0.340 e. The van der Waals surface area contributed by atoms with Crippen molar-refractivity contribution in [2.24, 2.45) is 0 Å². The molecule has 2 aromatic carbocycles. The third kappa shape index (κ3) is 2.67. The topological polar surface area (TPSA) is 33.0 Å². The van der Waals surface area contributed by atoms with E-state index in [9.17, 15) is 17.6 Å². The average Bonchev–Trinajstić information content (AvgIpc) is 2.44. The van der Waals surface area contributed by atoms with E-state index < -0.39 is 19.0 Å². The fourth-order valence-electron chi connectivity index (χ4n) is 1.73. The molecule has 0 aliphatic carbocycles. The van der Waals surface area contributed by atoms with Crippen LogP contribution in [0.4, 0.5) is 17.6 Å². The van der Waals surface area contributed by atoms with Crippen LogP contribution in [0.5, 0.6) is 5.75 Å². The monoisotopic (exact) mass is 283 g/mol. The zero-order chi connectivity index (χ0) is 14.8. The summed E-state index contributed by atoms with van der Waals surface area (Å²) in [7, 11) is 0. The quantitative estimate of drug-likeness (QED) is 0.795. The van der Waals surface area contributed by atoms with Gasteiger partial charge in [0.1, 0.15) is 5.75 Å². The molecule has 0 unspecified atom stereocenters. The Labute approximate surface area is 112 Å². The molecule has 0 radical (unpaired) electrons. The summed E-state index contributed by atoms with van der Waals surface area (Å²) in [5.74, 6) is -4.17. The maximum absolute atomic E-state index is 12.9. The van der Waals surface area contributed by atoms with Crippen molar-refractivity contribution >= 4 is 10.8 Å². The highest BCUT2D eigenvalue weighted by Gasteiger charge is 2.41. The maximum atomic E-state index is 12.9. The molecule has 104 valence electrons. The maximum Gasteiger partial charge on any atom is 0.340 e. The molecule has 0 saturated heterocycles. The minimum atomic E-state index is -4.21. The lowest BCUT2D eigenvalue weighted by molar-refractivity contribution is -0.148. The van der Waals surface area contributed by atoms with Gasteiger partial charge in [-0.15, -0.1) is 0 Å². The van der Waals surface area contributed by atoms with Crippen LogP contribution in [0.25, 0.3) is 10.8 Å². The van der Waals surface area contributed by atoms with Crippen LogP contribution in [-0.4, -0.2) is 19.0 Å². The van der Waals surface area contributed by atoms with Crippen LogP contribution in [0.15, 0.2) is 36.4 Å². The lowest BCUT2D eigenvalue weighted by Gasteiger charge is -2.17. The normalized spacial score (nSPS) is 11.6. The van der Waals surface area contributed by atoms with Crippen molar-refractivity contribution < 1.29 is 22.3 Å². The average molecular weight is 283 g/mol.